The zero-order valence-electron chi connectivity index (χ0n) is 16.9. The predicted octanol–water partition coefficient (Wildman–Crippen LogP) is 3.44. The number of hydrogen-bond acceptors (Lipinski definition) is 5. The maximum atomic E-state index is 13.2. The van der Waals surface area contributed by atoms with Crippen molar-refractivity contribution in [2.45, 2.75) is 23.1 Å². The Labute approximate surface area is 190 Å². The van der Waals surface area contributed by atoms with Gasteiger partial charge in [-0.25, -0.2) is 13.4 Å². The third-order valence-electron chi connectivity index (χ3n) is 5.45. The lowest BCUT2D eigenvalue weighted by Crippen LogP contribution is -2.46. The van der Waals surface area contributed by atoms with Gasteiger partial charge in [-0.15, -0.1) is 11.3 Å². The van der Waals surface area contributed by atoms with Gasteiger partial charge in [0.1, 0.15) is 16.1 Å². The Morgan fingerprint density at radius 3 is 2.71 bits per heavy atom. The number of benzene rings is 1. The summed E-state index contributed by atoms with van der Waals surface area (Å²) < 4.78 is 29.4. The Kier molecular flexibility index (Phi) is 6.47. The van der Waals surface area contributed by atoms with Gasteiger partial charge in [0.2, 0.25) is 5.91 Å². The van der Waals surface area contributed by atoms with Crippen molar-refractivity contribution in [3.05, 3.63) is 70.6 Å². The van der Waals surface area contributed by atoms with E-state index < -0.39 is 22.0 Å². The second-order valence-corrected chi connectivity index (χ2v) is 11.1. The molecule has 2 aromatic heterocycles. The molecule has 4 rings (SSSR count). The quantitative estimate of drug-likeness (QED) is 0.588. The zero-order valence-corrected chi connectivity index (χ0v) is 19.3. The lowest BCUT2D eigenvalue weighted by molar-refractivity contribution is -0.126. The van der Waals surface area contributed by atoms with Gasteiger partial charge in [-0.2, -0.15) is 4.31 Å². The topological polar surface area (TPSA) is 84.3 Å². The number of sulfonamides is 1. The molecule has 31 heavy (non-hydrogen) atoms. The monoisotopic (exact) mass is 478 g/mol. The summed E-state index contributed by atoms with van der Waals surface area (Å²) in [5, 5.41) is 5.44. The van der Waals surface area contributed by atoms with Crippen LogP contribution in [0.1, 0.15) is 30.3 Å². The number of piperidine rings is 1. The highest BCUT2D eigenvalue weighted by atomic mass is 35.5. The number of hydrogen-bond donors (Lipinski definition) is 1. The summed E-state index contributed by atoms with van der Waals surface area (Å²) in [7, 11) is -1.71. The van der Waals surface area contributed by atoms with E-state index in [4.69, 9.17) is 11.6 Å². The van der Waals surface area contributed by atoms with Crippen LogP contribution >= 0.6 is 22.9 Å². The number of amides is 1. The third kappa shape index (κ3) is 4.69. The van der Waals surface area contributed by atoms with Crippen LogP contribution in [-0.2, 0) is 21.9 Å². The molecule has 7 nitrogen and oxygen atoms in total. The van der Waals surface area contributed by atoms with Crippen molar-refractivity contribution in [2.75, 3.05) is 13.1 Å². The molecule has 0 spiro atoms. The number of aromatic nitrogens is 2. The standard InChI is InChI=1S/C21H23ClN4O3S2/c1-25-12-10-23-20(25)19(15-6-8-17(22)9-7-15)24-21(27)16-4-2-11-26(14-16)31(28,29)18-5-3-13-30-18/h3,5-10,12-13,16,19H,2,4,11,14H2,1H3,(H,24,27)/t16-,19+/m1/s1. The summed E-state index contributed by atoms with van der Waals surface area (Å²) in [6, 6.07) is 10.1. The fraction of sp³-hybridized carbons (Fsp3) is 0.333. The molecule has 164 valence electrons. The Morgan fingerprint density at radius 2 is 2.06 bits per heavy atom. The number of aryl methyl sites for hydroxylation is 1. The Morgan fingerprint density at radius 1 is 1.29 bits per heavy atom. The average molecular weight is 479 g/mol. The molecule has 0 unspecified atom stereocenters. The first-order valence-electron chi connectivity index (χ1n) is 9.93. The molecule has 0 aliphatic carbocycles. The van der Waals surface area contributed by atoms with E-state index in [9.17, 15) is 13.2 Å². The molecule has 1 fully saturated rings. The number of nitrogens with one attached hydrogen (secondary N) is 1. The van der Waals surface area contributed by atoms with Crippen molar-refractivity contribution in [1.29, 1.82) is 0 Å². The number of rotatable bonds is 6. The van der Waals surface area contributed by atoms with Gasteiger partial charge in [-0.1, -0.05) is 29.8 Å². The van der Waals surface area contributed by atoms with Crippen molar-refractivity contribution in [3.63, 3.8) is 0 Å². The summed E-state index contributed by atoms with van der Waals surface area (Å²) in [5.74, 6) is 0.0714. The van der Waals surface area contributed by atoms with Crippen LogP contribution in [0.15, 0.2) is 58.4 Å². The molecule has 10 heteroatoms. The number of halogens is 1. The van der Waals surface area contributed by atoms with Gasteiger partial charge >= 0.3 is 0 Å². The van der Waals surface area contributed by atoms with Crippen LogP contribution in [0.5, 0.6) is 0 Å². The highest BCUT2D eigenvalue weighted by molar-refractivity contribution is 7.91. The first-order valence-corrected chi connectivity index (χ1v) is 12.6. The summed E-state index contributed by atoms with van der Waals surface area (Å²) in [4.78, 5) is 17.6. The van der Waals surface area contributed by atoms with Crippen molar-refractivity contribution < 1.29 is 13.2 Å². The van der Waals surface area contributed by atoms with E-state index in [1.54, 1.807) is 35.8 Å². The molecular formula is C21H23ClN4O3S2. The number of carbonyl (C=O) groups is 1. The first-order chi connectivity index (χ1) is 14.9. The Bertz CT molecular complexity index is 1140. The largest absolute Gasteiger partial charge is 0.342 e. The van der Waals surface area contributed by atoms with Crippen molar-refractivity contribution in [3.8, 4) is 0 Å². The summed E-state index contributed by atoms with van der Waals surface area (Å²) >= 11 is 7.22. The van der Waals surface area contributed by atoms with Gasteiger partial charge in [-0.3, -0.25) is 4.79 Å². The Hall–Kier alpha value is -2.20. The molecule has 1 N–H and O–H groups in total. The lowest BCUT2D eigenvalue weighted by atomic mass is 9.97. The van der Waals surface area contributed by atoms with E-state index in [1.165, 1.54) is 15.6 Å². The normalized spacial score (nSPS) is 18.6. The van der Waals surface area contributed by atoms with E-state index >= 15 is 0 Å². The molecule has 1 aromatic carbocycles. The van der Waals surface area contributed by atoms with Gasteiger partial charge in [0.15, 0.2) is 0 Å². The van der Waals surface area contributed by atoms with Gasteiger partial charge in [0.05, 0.1) is 5.92 Å². The van der Waals surface area contributed by atoms with Crippen molar-refractivity contribution >= 4 is 38.9 Å². The van der Waals surface area contributed by atoms with E-state index in [-0.39, 0.29) is 12.5 Å². The molecule has 1 aliphatic rings. The summed E-state index contributed by atoms with van der Waals surface area (Å²) in [6.45, 7) is 0.587. The van der Waals surface area contributed by atoms with Gasteiger partial charge in [0, 0.05) is 37.6 Å². The molecule has 1 aliphatic heterocycles. The van der Waals surface area contributed by atoms with E-state index in [2.05, 4.69) is 10.3 Å². The van der Waals surface area contributed by atoms with Crippen LogP contribution in [-0.4, -0.2) is 41.3 Å². The number of thiophene rings is 1. The third-order valence-corrected chi connectivity index (χ3v) is 8.94. The fourth-order valence-electron chi connectivity index (χ4n) is 3.78. The van der Waals surface area contributed by atoms with Gasteiger partial charge in [0.25, 0.3) is 10.0 Å². The van der Waals surface area contributed by atoms with Crippen LogP contribution in [0.3, 0.4) is 0 Å². The minimum absolute atomic E-state index is 0.167. The zero-order chi connectivity index (χ0) is 22.0. The molecule has 3 aromatic rings. The van der Waals surface area contributed by atoms with Crippen LogP contribution in [0.4, 0.5) is 0 Å². The maximum Gasteiger partial charge on any atom is 0.252 e. The van der Waals surface area contributed by atoms with Crippen molar-refractivity contribution in [2.24, 2.45) is 13.0 Å². The SMILES string of the molecule is Cn1ccnc1[C@@H](NC(=O)[C@@H]1CCCN(S(=O)(=O)c2cccs2)C1)c1ccc(Cl)cc1. The smallest absolute Gasteiger partial charge is 0.252 e. The second-order valence-electron chi connectivity index (χ2n) is 7.52. The highest BCUT2D eigenvalue weighted by Gasteiger charge is 2.35. The summed E-state index contributed by atoms with van der Waals surface area (Å²) in [6.07, 6.45) is 4.77. The van der Waals surface area contributed by atoms with Gasteiger partial charge in [-0.05, 0) is 42.0 Å². The predicted molar refractivity (Wildman–Crippen MR) is 120 cm³/mol. The molecule has 0 radical (unpaired) electrons. The van der Waals surface area contributed by atoms with Crippen molar-refractivity contribution in [1.82, 2.24) is 19.2 Å². The van der Waals surface area contributed by atoms with Crippen LogP contribution < -0.4 is 5.32 Å². The van der Waals surface area contributed by atoms with Crippen LogP contribution in [0.25, 0.3) is 0 Å². The van der Waals surface area contributed by atoms with Gasteiger partial charge < -0.3 is 9.88 Å². The lowest BCUT2D eigenvalue weighted by Gasteiger charge is -2.32. The molecule has 2 atom stereocenters. The Balaban J connectivity index is 1.54. The number of imidazole rings is 1. The van der Waals surface area contributed by atoms with E-state index in [0.717, 1.165) is 5.56 Å². The highest BCUT2D eigenvalue weighted by Crippen LogP contribution is 2.28. The minimum atomic E-state index is -3.58. The molecule has 0 saturated carbocycles. The molecule has 3 heterocycles. The number of carbonyl (C=O) groups excluding carboxylic acids is 1. The van der Waals surface area contributed by atoms with Crippen LogP contribution in [0.2, 0.25) is 5.02 Å². The maximum absolute atomic E-state index is 13.2. The minimum Gasteiger partial charge on any atom is -0.342 e. The van der Waals surface area contributed by atoms with Crippen LogP contribution in [0, 0.1) is 5.92 Å². The molecule has 1 saturated heterocycles. The summed E-state index contributed by atoms with van der Waals surface area (Å²) in [5.41, 5.74) is 0.853. The second kappa shape index (κ2) is 9.12. The first kappa shape index (κ1) is 22.0. The molecule has 1 amide bonds. The average Bonchev–Trinajstić information content (AvgIpc) is 3.45. The fourth-order valence-corrected chi connectivity index (χ4v) is 6.57. The van der Waals surface area contributed by atoms with E-state index in [1.807, 2.05) is 29.9 Å². The molecule has 0 bridgehead atoms. The van der Waals surface area contributed by atoms with E-state index in [0.29, 0.717) is 34.4 Å². The molecular weight excluding hydrogens is 456 g/mol. The number of nitrogens with zero attached hydrogens (tertiary/aromatic N) is 3.